The minimum absolute atomic E-state index is 0.336. The fourth-order valence-electron chi connectivity index (χ4n) is 2.32. The van der Waals surface area contributed by atoms with E-state index in [1.165, 1.54) is 0 Å². The number of benzene rings is 1. The quantitative estimate of drug-likeness (QED) is 0.884. The highest BCUT2D eigenvalue weighted by molar-refractivity contribution is 6.31. The number of amides is 1. The van der Waals surface area contributed by atoms with Crippen molar-refractivity contribution in [1.82, 2.24) is 0 Å². The van der Waals surface area contributed by atoms with E-state index in [1.807, 2.05) is 4.90 Å². The summed E-state index contributed by atoms with van der Waals surface area (Å²) >= 11 is 5.94. The molecule has 5 nitrogen and oxygen atoms in total. The van der Waals surface area contributed by atoms with Crippen molar-refractivity contribution in [2.45, 2.75) is 13.3 Å². The molecule has 2 rings (SSSR count). The van der Waals surface area contributed by atoms with E-state index >= 15 is 0 Å². The summed E-state index contributed by atoms with van der Waals surface area (Å²) in [6.07, 6.45) is 0.521. The Labute approximate surface area is 116 Å². The molecule has 1 aliphatic heterocycles. The first-order valence-electron chi connectivity index (χ1n) is 5.91. The second-order valence-electron chi connectivity index (χ2n) is 5.06. The number of carbonyl (C=O) groups excluding carboxylic acids is 1. The zero-order valence-corrected chi connectivity index (χ0v) is 11.3. The number of rotatable bonds is 3. The second-order valence-corrected chi connectivity index (χ2v) is 5.50. The third kappa shape index (κ3) is 2.51. The van der Waals surface area contributed by atoms with E-state index in [0.29, 0.717) is 35.8 Å². The zero-order chi connectivity index (χ0) is 14.2. The SMILES string of the molecule is CC1(C(=O)O)CCN(c2cc(Cl)ccc2C(N)=O)C1. The number of hydrogen-bond donors (Lipinski definition) is 2. The highest BCUT2D eigenvalue weighted by atomic mass is 35.5. The standard InChI is InChI=1S/C13H15ClN2O3/c1-13(12(18)19)4-5-16(7-13)10-6-8(14)2-3-9(10)11(15)17/h2-3,6H,4-5,7H2,1H3,(H2,15,17)(H,18,19). The van der Waals surface area contributed by atoms with Crippen LogP contribution in [-0.2, 0) is 4.79 Å². The molecule has 1 aromatic rings. The van der Waals surface area contributed by atoms with E-state index in [2.05, 4.69) is 0 Å². The maximum absolute atomic E-state index is 11.4. The molecular weight excluding hydrogens is 268 g/mol. The third-order valence-electron chi connectivity index (χ3n) is 3.56. The number of carboxylic acid groups (broad SMARTS) is 1. The third-order valence-corrected chi connectivity index (χ3v) is 3.79. The van der Waals surface area contributed by atoms with Crippen LogP contribution >= 0.6 is 11.6 Å². The van der Waals surface area contributed by atoms with Gasteiger partial charge in [0, 0.05) is 18.1 Å². The van der Waals surface area contributed by atoms with Crippen LogP contribution in [0.4, 0.5) is 5.69 Å². The van der Waals surface area contributed by atoms with Crippen molar-refractivity contribution in [3.63, 3.8) is 0 Å². The Bertz CT molecular complexity index is 547. The summed E-state index contributed by atoms with van der Waals surface area (Å²) in [5.74, 6) is -1.38. The molecule has 0 aliphatic carbocycles. The van der Waals surface area contributed by atoms with Crippen molar-refractivity contribution in [3.05, 3.63) is 28.8 Å². The highest BCUT2D eigenvalue weighted by Crippen LogP contribution is 2.35. The molecule has 1 heterocycles. The molecule has 0 bridgehead atoms. The fourth-order valence-corrected chi connectivity index (χ4v) is 2.48. The first-order valence-corrected chi connectivity index (χ1v) is 6.29. The first-order chi connectivity index (χ1) is 8.83. The van der Waals surface area contributed by atoms with Gasteiger partial charge in [-0.25, -0.2) is 0 Å². The Kier molecular flexibility index (Phi) is 3.41. The van der Waals surface area contributed by atoms with E-state index in [-0.39, 0.29) is 0 Å². The van der Waals surface area contributed by atoms with Gasteiger partial charge in [-0.15, -0.1) is 0 Å². The predicted octanol–water partition coefficient (Wildman–Crippen LogP) is 1.74. The van der Waals surface area contributed by atoms with Crippen LogP contribution in [0.3, 0.4) is 0 Å². The van der Waals surface area contributed by atoms with Crippen LogP contribution in [0.1, 0.15) is 23.7 Å². The molecule has 102 valence electrons. The minimum atomic E-state index is -0.836. The molecule has 19 heavy (non-hydrogen) atoms. The fraction of sp³-hybridized carbons (Fsp3) is 0.385. The molecule has 1 aliphatic rings. The number of carboxylic acids is 1. The summed E-state index contributed by atoms with van der Waals surface area (Å²) in [7, 11) is 0. The van der Waals surface area contributed by atoms with Crippen molar-refractivity contribution < 1.29 is 14.7 Å². The lowest BCUT2D eigenvalue weighted by Crippen LogP contribution is -2.32. The number of carbonyl (C=O) groups is 2. The minimum Gasteiger partial charge on any atom is -0.481 e. The number of hydrogen-bond acceptors (Lipinski definition) is 3. The van der Waals surface area contributed by atoms with Gasteiger partial charge in [0.2, 0.25) is 0 Å². The number of nitrogens with two attached hydrogens (primary N) is 1. The van der Waals surface area contributed by atoms with Gasteiger partial charge in [-0.05, 0) is 31.5 Å². The van der Waals surface area contributed by atoms with Crippen LogP contribution in [0.5, 0.6) is 0 Å². The summed E-state index contributed by atoms with van der Waals surface area (Å²) in [4.78, 5) is 24.5. The molecule has 3 N–H and O–H groups in total. The van der Waals surface area contributed by atoms with Gasteiger partial charge in [0.15, 0.2) is 0 Å². The van der Waals surface area contributed by atoms with Crippen molar-refractivity contribution in [1.29, 1.82) is 0 Å². The van der Waals surface area contributed by atoms with Crippen molar-refractivity contribution in [2.24, 2.45) is 11.1 Å². The van der Waals surface area contributed by atoms with E-state index in [9.17, 15) is 14.7 Å². The van der Waals surface area contributed by atoms with E-state index < -0.39 is 17.3 Å². The van der Waals surface area contributed by atoms with Gasteiger partial charge >= 0.3 is 5.97 Å². The normalized spacial score (nSPS) is 22.5. The number of anilines is 1. The lowest BCUT2D eigenvalue weighted by atomic mass is 9.90. The monoisotopic (exact) mass is 282 g/mol. The van der Waals surface area contributed by atoms with Gasteiger partial charge in [0.05, 0.1) is 16.7 Å². The molecule has 0 radical (unpaired) electrons. The molecule has 1 unspecified atom stereocenters. The summed E-state index contributed by atoms with van der Waals surface area (Å²) in [6, 6.07) is 4.81. The van der Waals surface area contributed by atoms with Crippen LogP contribution in [0.25, 0.3) is 0 Å². The second kappa shape index (κ2) is 4.74. The number of halogens is 1. The van der Waals surface area contributed by atoms with Gasteiger partial charge in [0.25, 0.3) is 5.91 Å². The number of aliphatic carboxylic acids is 1. The Morgan fingerprint density at radius 1 is 1.47 bits per heavy atom. The maximum Gasteiger partial charge on any atom is 0.311 e. The molecule has 6 heteroatoms. The van der Waals surface area contributed by atoms with Crippen LogP contribution in [0.2, 0.25) is 5.02 Å². The molecular formula is C13H15ClN2O3. The molecule has 1 amide bonds. The Morgan fingerprint density at radius 3 is 2.68 bits per heavy atom. The zero-order valence-electron chi connectivity index (χ0n) is 10.5. The van der Waals surface area contributed by atoms with Crippen LogP contribution < -0.4 is 10.6 Å². The van der Waals surface area contributed by atoms with Crippen molar-refractivity contribution in [3.8, 4) is 0 Å². The molecule has 0 spiro atoms. The number of nitrogens with zero attached hydrogens (tertiary/aromatic N) is 1. The summed E-state index contributed by atoms with van der Waals surface area (Å²) < 4.78 is 0. The van der Waals surface area contributed by atoms with Crippen molar-refractivity contribution >= 4 is 29.2 Å². The van der Waals surface area contributed by atoms with E-state index in [4.69, 9.17) is 17.3 Å². The Morgan fingerprint density at radius 2 is 2.16 bits per heavy atom. The van der Waals surface area contributed by atoms with Crippen LogP contribution in [0, 0.1) is 5.41 Å². The van der Waals surface area contributed by atoms with E-state index in [0.717, 1.165) is 0 Å². The highest BCUT2D eigenvalue weighted by Gasteiger charge is 2.41. The average molecular weight is 283 g/mol. The lowest BCUT2D eigenvalue weighted by Gasteiger charge is -2.23. The van der Waals surface area contributed by atoms with Gasteiger partial charge in [-0.3, -0.25) is 9.59 Å². The smallest absolute Gasteiger partial charge is 0.311 e. The first kappa shape index (κ1) is 13.7. The molecule has 1 aromatic carbocycles. The summed E-state index contributed by atoms with van der Waals surface area (Å²) in [5, 5.41) is 9.72. The Balaban J connectivity index is 2.36. The van der Waals surface area contributed by atoms with Crippen LogP contribution in [-0.4, -0.2) is 30.1 Å². The molecule has 0 saturated carbocycles. The van der Waals surface area contributed by atoms with Gasteiger partial charge in [-0.1, -0.05) is 11.6 Å². The molecule has 1 saturated heterocycles. The van der Waals surface area contributed by atoms with Gasteiger partial charge in [-0.2, -0.15) is 0 Å². The van der Waals surface area contributed by atoms with Crippen molar-refractivity contribution in [2.75, 3.05) is 18.0 Å². The molecule has 1 atom stereocenters. The van der Waals surface area contributed by atoms with E-state index in [1.54, 1.807) is 25.1 Å². The largest absolute Gasteiger partial charge is 0.481 e. The van der Waals surface area contributed by atoms with Gasteiger partial charge < -0.3 is 15.7 Å². The maximum atomic E-state index is 11.4. The number of primary amides is 1. The van der Waals surface area contributed by atoms with Gasteiger partial charge in [0.1, 0.15) is 0 Å². The molecule has 0 aromatic heterocycles. The molecule has 1 fully saturated rings. The topological polar surface area (TPSA) is 83.6 Å². The predicted molar refractivity (Wildman–Crippen MR) is 72.5 cm³/mol. The summed E-state index contributed by atoms with van der Waals surface area (Å²) in [6.45, 7) is 2.59. The summed E-state index contributed by atoms with van der Waals surface area (Å²) in [5.41, 5.74) is 5.49. The van der Waals surface area contributed by atoms with Crippen LogP contribution in [0.15, 0.2) is 18.2 Å². The average Bonchev–Trinajstić information content (AvgIpc) is 2.73. The Hall–Kier alpha value is -1.75. The lowest BCUT2D eigenvalue weighted by molar-refractivity contribution is -0.146.